The van der Waals surface area contributed by atoms with Gasteiger partial charge in [0.05, 0.1) is 0 Å². The van der Waals surface area contributed by atoms with E-state index in [-0.39, 0.29) is 19.2 Å². The number of rotatable bonds is 3. The highest BCUT2D eigenvalue weighted by Crippen LogP contribution is 2.18. The molecule has 0 spiro atoms. The van der Waals surface area contributed by atoms with Crippen LogP contribution in [0.25, 0.3) is 5.82 Å². The van der Waals surface area contributed by atoms with Crippen LogP contribution in [0.4, 0.5) is 0 Å². The van der Waals surface area contributed by atoms with Crippen LogP contribution in [0.2, 0.25) is 0 Å². The second-order valence-corrected chi connectivity index (χ2v) is 5.46. The lowest BCUT2D eigenvalue weighted by molar-refractivity contribution is 0.0906. The summed E-state index contributed by atoms with van der Waals surface area (Å²) < 4.78 is 1.74. The molecule has 1 fully saturated rings. The smallest absolute Gasteiger partial charge is 0.289 e. The minimum absolute atomic E-state index is 0. The van der Waals surface area contributed by atoms with Gasteiger partial charge in [0.25, 0.3) is 5.91 Å². The van der Waals surface area contributed by atoms with E-state index in [2.05, 4.69) is 20.3 Å². The van der Waals surface area contributed by atoms with E-state index in [0.29, 0.717) is 5.82 Å². The van der Waals surface area contributed by atoms with E-state index in [0.717, 1.165) is 12.8 Å². The predicted octanol–water partition coefficient (Wildman–Crippen LogP) is 2.88. The highest BCUT2D eigenvalue weighted by molar-refractivity contribution is 5.90. The Morgan fingerprint density at radius 1 is 1.12 bits per heavy atom. The fourth-order valence-corrected chi connectivity index (χ4v) is 2.18. The van der Waals surface area contributed by atoms with Crippen molar-refractivity contribution in [1.82, 2.24) is 24.8 Å². The summed E-state index contributed by atoms with van der Waals surface area (Å²) in [6.45, 7) is 0. The minimum Gasteiger partial charge on any atom is -0.347 e. The number of aromatic nitrogens is 4. The Kier molecular flexibility index (Phi) is 5.29. The van der Waals surface area contributed by atoms with E-state index >= 15 is 0 Å². The van der Waals surface area contributed by atoms with E-state index in [9.17, 15) is 4.79 Å². The summed E-state index contributed by atoms with van der Waals surface area (Å²) in [5.74, 6) is 0.635. The number of amides is 1. The largest absolute Gasteiger partial charge is 0.347 e. The fraction of sp³-hybridized carbons (Fsp3) is 0.222. The summed E-state index contributed by atoms with van der Waals surface area (Å²) in [6, 6.07) is 14.0. The van der Waals surface area contributed by atoms with Crippen LogP contribution in [0.5, 0.6) is 0 Å². The first-order chi connectivity index (χ1) is 11.8. The van der Waals surface area contributed by atoms with Gasteiger partial charge in [0, 0.05) is 26.1 Å². The van der Waals surface area contributed by atoms with Crippen LogP contribution in [0.3, 0.4) is 0 Å². The lowest BCUT2D eigenvalue weighted by atomic mass is 9.93. The van der Waals surface area contributed by atoms with Crippen LogP contribution in [0, 0.1) is 0 Å². The number of benzene rings is 1. The van der Waals surface area contributed by atoms with Crippen LogP contribution in [-0.4, -0.2) is 31.5 Å². The van der Waals surface area contributed by atoms with Gasteiger partial charge >= 0.3 is 0 Å². The van der Waals surface area contributed by atoms with Crippen molar-refractivity contribution < 1.29 is 6.22 Å². The van der Waals surface area contributed by atoms with Crippen LogP contribution < -0.4 is 5.32 Å². The van der Waals surface area contributed by atoms with E-state index in [1.807, 2.05) is 36.4 Å². The fourth-order valence-electron chi connectivity index (χ4n) is 2.18. The van der Waals surface area contributed by atoms with Crippen LogP contribution in [0.15, 0.2) is 67.4 Å². The molecule has 2 aromatic heterocycles. The second-order valence-electron chi connectivity index (χ2n) is 5.46. The monoisotopic (exact) mass is 323 g/mol. The van der Waals surface area contributed by atoms with Gasteiger partial charge in [0.2, 0.25) is 5.82 Å². The lowest BCUT2D eigenvalue weighted by Gasteiger charge is -2.25. The van der Waals surface area contributed by atoms with Crippen molar-refractivity contribution in [2.45, 2.75) is 25.3 Å². The molecule has 0 saturated heterocycles. The SMILES string of the molecule is O=C(NC1CCC1)c1nccc(-n2ccnc2)n1.[HH].c1ccccc1. The topological polar surface area (TPSA) is 72.7 Å². The summed E-state index contributed by atoms with van der Waals surface area (Å²) in [7, 11) is 0. The number of nitrogens with zero attached hydrogens (tertiary/aromatic N) is 4. The molecule has 0 radical (unpaired) electrons. The number of carbonyl (C=O) groups excluding carboxylic acids is 1. The van der Waals surface area contributed by atoms with Crippen molar-refractivity contribution in [3.05, 3.63) is 73.2 Å². The molecule has 0 unspecified atom stereocenters. The van der Waals surface area contributed by atoms with E-state index in [4.69, 9.17) is 0 Å². The molecule has 0 bridgehead atoms. The normalized spacial score (nSPS) is 13.3. The van der Waals surface area contributed by atoms with Crippen LogP contribution in [0.1, 0.15) is 31.3 Å². The van der Waals surface area contributed by atoms with Gasteiger partial charge in [0.15, 0.2) is 0 Å². The van der Waals surface area contributed by atoms with E-state index in [1.54, 1.807) is 35.6 Å². The Balaban J connectivity index is 0.000000275. The molecule has 6 heteroatoms. The Labute approximate surface area is 142 Å². The van der Waals surface area contributed by atoms with E-state index < -0.39 is 0 Å². The molecular weight excluding hydrogens is 302 g/mol. The quantitative estimate of drug-likeness (QED) is 0.804. The summed E-state index contributed by atoms with van der Waals surface area (Å²) in [5, 5.41) is 2.92. The third-order valence-electron chi connectivity index (χ3n) is 3.72. The maximum absolute atomic E-state index is 11.9. The van der Waals surface area contributed by atoms with Crippen molar-refractivity contribution >= 4 is 5.91 Å². The first kappa shape index (κ1) is 15.9. The summed E-state index contributed by atoms with van der Waals surface area (Å²) in [5.41, 5.74) is 0. The molecule has 1 aliphatic rings. The van der Waals surface area contributed by atoms with Crippen molar-refractivity contribution in [3.8, 4) is 5.82 Å². The molecule has 124 valence electrons. The number of hydrogen-bond donors (Lipinski definition) is 1. The molecule has 2 heterocycles. The Morgan fingerprint density at radius 2 is 1.83 bits per heavy atom. The second kappa shape index (κ2) is 8.01. The summed E-state index contributed by atoms with van der Waals surface area (Å²) in [4.78, 5) is 24.1. The molecule has 1 amide bonds. The van der Waals surface area contributed by atoms with Gasteiger partial charge in [-0.2, -0.15) is 0 Å². The molecule has 6 nitrogen and oxygen atoms in total. The molecule has 1 N–H and O–H groups in total. The van der Waals surface area contributed by atoms with Gasteiger partial charge in [-0.05, 0) is 25.3 Å². The Morgan fingerprint density at radius 3 is 2.38 bits per heavy atom. The van der Waals surface area contributed by atoms with E-state index in [1.165, 1.54) is 6.42 Å². The average molecular weight is 323 g/mol. The number of nitrogens with one attached hydrogen (secondary N) is 1. The Bertz CT molecular complexity index is 733. The van der Waals surface area contributed by atoms with Crippen molar-refractivity contribution in [3.63, 3.8) is 0 Å². The molecule has 4 rings (SSSR count). The van der Waals surface area contributed by atoms with Crippen LogP contribution >= 0.6 is 0 Å². The van der Waals surface area contributed by atoms with Crippen molar-refractivity contribution in [2.75, 3.05) is 0 Å². The maximum Gasteiger partial charge on any atom is 0.289 e. The lowest BCUT2D eigenvalue weighted by Crippen LogP contribution is -2.40. The molecule has 0 atom stereocenters. The highest BCUT2D eigenvalue weighted by Gasteiger charge is 2.21. The maximum atomic E-state index is 11.9. The van der Waals surface area contributed by atoms with Gasteiger partial charge < -0.3 is 5.32 Å². The molecule has 1 aromatic carbocycles. The van der Waals surface area contributed by atoms with Gasteiger partial charge in [0.1, 0.15) is 12.1 Å². The first-order valence-corrected chi connectivity index (χ1v) is 7.95. The number of carbonyl (C=O) groups is 1. The van der Waals surface area contributed by atoms with Crippen molar-refractivity contribution in [2.24, 2.45) is 0 Å². The van der Waals surface area contributed by atoms with Crippen molar-refractivity contribution in [1.29, 1.82) is 0 Å². The summed E-state index contributed by atoms with van der Waals surface area (Å²) >= 11 is 0. The minimum atomic E-state index is -0.207. The zero-order valence-electron chi connectivity index (χ0n) is 13.2. The van der Waals surface area contributed by atoms with Gasteiger partial charge in [-0.15, -0.1) is 0 Å². The standard InChI is InChI=1S/C12H13N5O.C6H6.H2/c18-12(15-9-2-1-3-9)11-14-5-4-10(16-11)17-7-6-13-8-17;1-2-4-6-5-3-1;/h4-9H,1-3H2,(H,15,18);1-6H;1H. The van der Waals surface area contributed by atoms with Gasteiger partial charge in [-0.25, -0.2) is 15.0 Å². The number of hydrogen-bond acceptors (Lipinski definition) is 4. The molecule has 1 saturated carbocycles. The van der Waals surface area contributed by atoms with Gasteiger partial charge in [-0.3, -0.25) is 9.36 Å². The molecule has 1 aliphatic carbocycles. The Hall–Kier alpha value is -3.02. The predicted molar refractivity (Wildman–Crippen MR) is 92.8 cm³/mol. The average Bonchev–Trinajstić information content (AvgIpc) is 3.15. The third-order valence-corrected chi connectivity index (χ3v) is 3.72. The molecule has 0 aliphatic heterocycles. The third kappa shape index (κ3) is 4.25. The molecule has 3 aromatic rings. The van der Waals surface area contributed by atoms with Crippen LogP contribution in [-0.2, 0) is 0 Å². The molecular formula is C18H21N5O. The first-order valence-electron chi connectivity index (χ1n) is 7.95. The number of imidazole rings is 1. The zero-order chi connectivity index (χ0) is 16.6. The zero-order valence-corrected chi connectivity index (χ0v) is 13.2. The summed E-state index contributed by atoms with van der Waals surface area (Å²) in [6.07, 6.45) is 9.93. The highest BCUT2D eigenvalue weighted by atomic mass is 16.2. The molecule has 24 heavy (non-hydrogen) atoms. The van der Waals surface area contributed by atoms with Gasteiger partial charge in [-0.1, -0.05) is 36.4 Å².